The summed E-state index contributed by atoms with van der Waals surface area (Å²) in [6.07, 6.45) is 19.6. The highest BCUT2D eigenvalue weighted by Gasteiger charge is 2.70. The maximum atomic E-state index is 15.1. The molecule has 4 aromatic carbocycles. The highest BCUT2D eigenvalue weighted by Crippen LogP contribution is 2.73. The number of amides is 5. The Labute approximate surface area is 687 Å². The lowest BCUT2D eigenvalue weighted by Gasteiger charge is -2.63. The zero-order valence-corrected chi connectivity index (χ0v) is 70.9. The first kappa shape index (κ1) is 81.2. The second-order valence-electron chi connectivity index (χ2n) is 43.2. The van der Waals surface area contributed by atoms with Crippen LogP contribution in [0, 0.1) is 139 Å². The number of nitrogens with one attached hydrogen (secondary N) is 5. The second kappa shape index (κ2) is 30.6. The molecule has 26 bridgehead atoms. The lowest BCUT2D eigenvalue weighted by molar-refractivity contribution is -0.204. The fourth-order valence-corrected chi connectivity index (χ4v) is 32.1. The van der Waals surface area contributed by atoms with Gasteiger partial charge in [-0.15, -0.1) is 5.10 Å². The molecule has 12 aliphatic heterocycles. The fraction of sp³-hybridized carbons (Fsp3) is 0.763. The Morgan fingerprint density at radius 1 is 0.474 bits per heavy atom. The SMILES string of the molecule is C[C@@H]1CCC(=O)NCc2cn(nn2)[C@@H]2CC[C@@]3(C)[C@@H](C2)C[C@@H](O)[C@@H]2[C@@H]3C[C@H](O)[C@]3(C)[C@H](CC[C@@H]23)[C@H](C)CCC(=O)N[C@@H](CCCNC(=O)c2ccc3ccc4cccc5ccc2c3c45)C(=O)N[C@H]2CC[C@@]3(C)[C@@H](C2)C[C@@H](O)[C@@H]2[C@@H]3C[C@H](O)[C@]3(C)[C@H](CC[C@@H]23)[C@H](C)CCC(=O)N[C@@H]2CC[C@@]3(C)[C@@H](C2)C[C@@H](O)[C@@H]2[C@@H]3C[C@H](O)[C@]3(C)[C@@H]1CC[C@@H]23. The Balaban J connectivity index is 0.572. The first-order valence-electron chi connectivity index (χ1n) is 46.5. The van der Waals surface area contributed by atoms with Gasteiger partial charge in [-0.3, -0.25) is 24.0 Å². The summed E-state index contributed by atoms with van der Waals surface area (Å²) in [6.45, 7) is 21.4. The molecule has 0 spiro atoms. The van der Waals surface area contributed by atoms with Crippen LogP contribution in [0.4, 0.5) is 0 Å². The number of carbonyl (C=O) groups is 5. The molecule has 0 radical (unpaired) electrons. The molecular formula is C97H138N8O11. The lowest BCUT2D eigenvalue weighted by Crippen LogP contribution is -2.63. The Bertz CT molecular complexity index is 4500. The number of carbonyl (C=O) groups excluding carboxylic acids is 5. The minimum atomic E-state index is -0.870. The molecule has 116 heavy (non-hydrogen) atoms. The van der Waals surface area contributed by atoms with Crippen LogP contribution in [-0.4, -0.2) is 136 Å². The first-order valence-corrected chi connectivity index (χ1v) is 46.5. The summed E-state index contributed by atoms with van der Waals surface area (Å²) in [4.78, 5) is 72.1. The summed E-state index contributed by atoms with van der Waals surface area (Å²) in [5.41, 5.74) is -0.261. The molecule has 19 heteroatoms. The van der Waals surface area contributed by atoms with Crippen molar-refractivity contribution in [3.05, 3.63) is 72.1 Å². The van der Waals surface area contributed by atoms with Gasteiger partial charge in [0.15, 0.2) is 0 Å². The van der Waals surface area contributed by atoms with Gasteiger partial charge in [0.1, 0.15) is 11.7 Å². The summed E-state index contributed by atoms with van der Waals surface area (Å²) in [5.74, 6) is 1.97. The van der Waals surface area contributed by atoms with Gasteiger partial charge >= 0.3 is 0 Å². The van der Waals surface area contributed by atoms with Crippen LogP contribution in [0.5, 0.6) is 0 Å². The minimum absolute atomic E-state index is 0.0188. The molecule has 12 aliphatic carbocycles. The van der Waals surface area contributed by atoms with E-state index < -0.39 is 53.5 Å². The van der Waals surface area contributed by atoms with E-state index in [0.717, 1.165) is 122 Å². The van der Waals surface area contributed by atoms with E-state index in [1.807, 2.05) is 29.1 Å². The molecule has 29 rings (SSSR count). The van der Waals surface area contributed by atoms with Crippen LogP contribution in [0.25, 0.3) is 32.3 Å². The molecule has 24 aliphatic rings. The number of aliphatic hydroxyl groups is 6. The monoisotopic (exact) mass is 1590 g/mol. The molecule has 1 aromatic heterocycles. The molecule has 34 atom stereocenters. The third kappa shape index (κ3) is 13.3. The van der Waals surface area contributed by atoms with Gasteiger partial charge in [0.25, 0.3) is 5.91 Å². The molecule has 13 heterocycles. The van der Waals surface area contributed by atoms with Crippen molar-refractivity contribution < 1.29 is 54.6 Å². The van der Waals surface area contributed by atoms with Gasteiger partial charge in [0.05, 0.1) is 55.4 Å². The summed E-state index contributed by atoms with van der Waals surface area (Å²) < 4.78 is 1.99. The molecule has 632 valence electrons. The van der Waals surface area contributed by atoms with Crippen molar-refractivity contribution in [1.82, 2.24) is 41.6 Å². The van der Waals surface area contributed by atoms with Crippen molar-refractivity contribution in [2.75, 3.05) is 6.54 Å². The van der Waals surface area contributed by atoms with Crippen molar-refractivity contribution in [3.8, 4) is 0 Å². The molecule has 12 fully saturated rings. The van der Waals surface area contributed by atoms with E-state index in [9.17, 15) is 49.8 Å². The molecular weight excluding hydrogens is 1450 g/mol. The normalized spacial score (nSPS) is 46.8. The Kier molecular flexibility index (Phi) is 21.4. The Hall–Kier alpha value is -5.83. The highest BCUT2D eigenvalue weighted by atomic mass is 16.3. The number of aliphatic hydroxyl groups excluding tert-OH is 6. The quantitative estimate of drug-likeness (QED) is 0.0577. The third-order valence-corrected chi connectivity index (χ3v) is 38.6. The number of rotatable bonds is 5. The fourth-order valence-electron chi connectivity index (χ4n) is 32.1. The van der Waals surface area contributed by atoms with Gasteiger partial charge in [-0.2, -0.15) is 0 Å². The smallest absolute Gasteiger partial charge is 0.251 e. The molecule has 0 saturated heterocycles. The average molecular weight is 1590 g/mol. The standard InChI is InChI=1S/C97H138N8O11/c1-51-15-30-82(112)99-49-62-50-105(104-103-62)63-35-38-94(6)59(42-63)45-78(108)89-71-29-26-68(97(71,9)81(111)48-74(89)94)53(3)17-32-84(114)102-75(14-11-39-98-90(115)65-23-21-56-19-18-54-12-10-13-55-20-22-64(65)86(56)85(54)55)91(116)101-61-34-37-93(5)58(41-61)44-77(107)88-70-28-25-67(96(70,8)80(110)47-73(88)93)52(2)16-31-83(113)100-60-33-36-92(4)57(40-60)43-76(106)87-69-27-24-66(51)95(69,7)79(109)46-72(87)92/h10,12-13,18-23,50-53,57-61,63,66-81,87-89,106-111H,11,14-17,24-49H2,1-9H3,(H,98,115)(H,99,112)(H,100,113)(H,101,116)(H,102,114)/t51-,52-,53-,57+,58+,59+,60-,61+,63-,66-,67-,68-,69+,70+,71+,72+,73+,74+,75+,76-,77-,78-,79+,80+,81+,87+,88+,89+,92+,93+,94+,95-,96-,97-/m1/s1. The number of hydrogen-bond donors (Lipinski definition) is 11. The summed E-state index contributed by atoms with van der Waals surface area (Å²) in [7, 11) is 0. The van der Waals surface area contributed by atoms with Gasteiger partial charge < -0.3 is 57.2 Å². The van der Waals surface area contributed by atoms with Crippen LogP contribution in [0.1, 0.15) is 271 Å². The molecule has 0 unspecified atom stereocenters. The Morgan fingerprint density at radius 2 is 0.914 bits per heavy atom. The van der Waals surface area contributed by atoms with Gasteiger partial charge in [-0.1, -0.05) is 116 Å². The minimum Gasteiger partial charge on any atom is -0.393 e. The van der Waals surface area contributed by atoms with Crippen LogP contribution in [0.2, 0.25) is 0 Å². The topological polar surface area (TPSA) is 298 Å². The largest absolute Gasteiger partial charge is 0.393 e. The van der Waals surface area contributed by atoms with Crippen molar-refractivity contribution in [1.29, 1.82) is 0 Å². The van der Waals surface area contributed by atoms with Gasteiger partial charge in [-0.25, -0.2) is 4.68 Å². The van der Waals surface area contributed by atoms with E-state index in [2.05, 4.69) is 136 Å². The highest BCUT2D eigenvalue weighted by molar-refractivity contribution is 6.26. The summed E-state index contributed by atoms with van der Waals surface area (Å²) in [5, 5.41) is 108. The summed E-state index contributed by atoms with van der Waals surface area (Å²) >= 11 is 0. The van der Waals surface area contributed by atoms with E-state index in [0.29, 0.717) is 108 Å². The predicted octanol–water partition coefficient (Wildman–Crippen LogP) is 14.1. The third-order valence-electron chi connectivity index (χ3n) is 38.6. The number of hydrogen-bond acceptors (Lipinski definition) is 13. The van der Waals surface area contributed by atoms with Crippen molar-refractivity contribution in [3.63, 3.8) is 0 Å². The molecule has 5 aromatic rings. The summed E-state index contributed by atoms with van der Waals surface area (Å²) in [6, 6.07) is 17.6. The van der Waals surface area contributed by atoms with Crippen LogP contribution < -0.4 is 26.6 Å². The van der Waals surface area contributed by atoms with E-state index in [4.69, 9.17) is 0 Å². The molecule has 19 nitrogen and oxygen atoms in total. The van der Waals surface area contributed by atoms with Crippen LogP contribution in [0.15, 0.2) is 60.8 Å². The zero-order chi connectivity index (χ0) is 81.2. The lowest BCUT2D eigenvalue weighted by atomic mass is 9.43. The van der Waals surface area contributed by atoms with Crippen molar-refractivity contribution >= 4 is 61.9 Å². The van der Waals surface area contributed by atoms with E-state index in [1.165, 1.54) is 0 Å². The van der Waals surface area contributed by atoms with Gasteiger partial charge in [0.2, 0.25) is 23.6 Å². The van der Waals surface area contributed by atoms with E-state index >= 15 is 4.79 Å². The van der Waals surface area contributed by atoms with Crippen molar-refractivity contribution in [2.45, 2.75) is 316 Å². The van der Waals surface area contributed by atoms with E-state index in [-0.39, 0.29) is 189 Å². The number of nitrogens with zero attached hydrogens (tertiary/aromatic N) is 3. The van der Waals surface area contributed by atoms with Gasteiger partial charge in [0, 0.05) is 43.5 Å². The number of aromatic nitrogens is 3. The number of benzene rings is 4. The molecule has 12 saturated carbocycles. The van der Waals surface area contributed by atoms with Gasteiger partial charge in [-0.05, 0) is 344 Å². The maximum absolute atomic E-state index is 15.1. The molecule has 5 amide bonds. The second-order valence-corrected chi connectivity index (χ2v) is 43.2. The Morgan fingerprint density at radius 3 is 1.43 bits per heavy atom. The number of fused-ring (bicyclic) bond motifs is 1. The average Bonchev–Trinajstić information content (AvgIpc) is 1.45. The van der Waals surface area contributed by atoms with Crippen molar-refractivity contribution in [2.24, 2.45) is 139 Å². The first-order chi connectivity index (χ1) is 55.4. The zero-order valence-electron chi connectivity index (χ0n) is 70.9. The predicted molar refractivity (Wildman–Crippen MR) is 448 cm³/mol. The molecule has 11 N–H and O–H groups in total. The van der Waals surface area contributed by atoms with Crippen LogP contribution >= 0.6 is 0 Å². The van der Waals surface area contributed by atoms with Crippen LogP contribution in [0.3, 0.4) is 0 Å². The van der Waals surface area contributed by atoms with Crippen LogP contribution in [-0.2, 0) is 25.7 Å². The maximum Gasteiger partial charge on any atom is 0.251 e. The van der Waals surface area contributed by atoms with E-state index in [1.54, 1.807) is 0 Å².